The standard InChI is InChI=1S/C12H10BrF3N2S/c1-6-10(19-11(17)18-6)5-7-2-3-9(13)8(4-7)12(14,15)16/h2-4H,5H2,1H3,(H2,17,18). The molecule has 0 fully saturated rings. The molecule has 102 valence electrons. The zero-order valence-corrected chi connectivity index (χ0v) is 12.3. The highest BCUT2D eigenvalue weighted by Gasteiger charge is 2.33. The lowest BCUT2D eigenvalue weighted by atomic mass is 10.1. The Balaban J connectivity index is 2.34. The van der Waals surface area contributed by atoms with Crippen LogP contribution in [0, 0.1) is 6.92 Å². The fourth-order valence-corrected chi connectivity index (χ4v) is 3.04. The van der Waals surface area contributed by atoms with Crippen molar-refractivity contribution < 1.29 is 13.2 Å². The van der Waals surface area contributed by atoms with Crippen molar-refractivity contribution in [2.24, 2.45) is 0 Å². The summed E-state index contributed by atoms with van der Waals surface area (Å²) in [5, 5.41) is 0.431. The predicted octanol–water partition coefficient (Wildman–Crippen LogP) is 4.41. The Morgan fingerprint density at radius 1 is 1.37 bits per heavy atom. The van der Waals surface area contributed by atoms with Crippen LogP contribution in [0.1, 0.15) is 21.7 Å². The van der Waals surface area contributed by atoms with Crippen molar-refractivity contribution in [1.82, 2.24) is 4.98 Å². The molecule has 0 saturated heterocycles. The van der Waals surface area contributed by atoms with E-state index in [4.69, 9.17) is 5.73 Å². The third-order valence-corrected chi connectivity index (χ3v) is 4.29. The summed E-state index contributed by atoms with van der Waals surface area (Å²) in [6.45, 7) is 1.80. The topological polar surface area (TPSA) is 38.9 Å². The van der Waals surface area contributed by atoms with Gasteiger partial charge >= 0.3 is 6.18 Å². The Kier molecular flexibility index (Phi) is 3.87. The molecular formula is C12H10BrF3N2S. The van der Waals surface area contributed by atoms with Crippen molar-refractivity contribution in [3.05, 3.63) is 44.4 Å². The summed E-state index contributed by atoms with van der Waals surface area (Å²) in [6, 6.07) is 4.23. The van der Waals surface area contributed by atoms with E-state index in [1.807, 2.05) is 0 Å². The van der Waals surface area contributed by atoms with Gasteiger partial charge in [0.2, 0.25) is 0 Å². The normalized spacial score (nSPS) is 11.8. The molecule has 0 spiro atoms. The number of alkyl halides is 3. The molecule has 0 aliphatic rings. The number of aromatic nitrogens is 1. The summed E-state index contributed by atoms with van der Waals surface area (Å²) < 4.78 is 38.4. The zero-order valence-electron chi connectivity index (χ0n) is 9.88. The SMILES string of the molecule is Cc1nc(N)sc1Cc1ccc(Br)c(C(F)(F)F)c1. The van der Waals surface area contributed by atoms with Gasteiger partial charge in [-0.25, -0.2) is 4.98 Å². The molecule has 0 aliphatic heterocycles. The lowest BCUT2D eigenvalue weighted by molar-refractivity contribution is -0.138. The number of rotatable bonds is 2. The van der Waals surface area contributed by atoms with E-state index in [1.54, 1.807) is 13.0 Å². The Morgan fingerprint density at radius 2 is 2.05 bits per heavy atom. The van der Waals surface area contributed by atoms with Gasteiger partial charge in [0.1, 0.15) is 0 Å². The van der Waals surface area contributed by atoms with E-state index in [0.29, 0.717) is 17.1 Å². The third-order valence-electron chi connectivity index (χ3n) is 2.61. The average molecular weight is 351 g/mol. The predicted molar refractivity (Wildman–Crippen MR) is 73.2 cm³/mol. The van der Waals surface area contributed by atoms with Gasteiger partial charge in [-0.1, -0.05) is 22.0 Å². The summed E-state index contributed by atoms with van der Waals surface area (Å²) in [7, 11) is 0. The molecule has 2 N–H and O–H groups in total. The maximum Gasteiger partial charge on any atom is 0.417 e. The van der Waals surface area contributed by atoms with Gasteiger partial charge in [-0.2, -0.15) is 13.2 Å². The Hall–Kier alpha value is -1.08. The fourth-order valence-electron chi connectivity index (χ4n) is 1.70. The van der Waals surface area contributed by atoms with E-state index < -0.39 is 11.7 Å². The maximum atomic E-state index is 12.8. The first-order valence-corrected chi connectivity index (χ1v) is 6.95. The van der Waals surface area contributed by atoms with Crippen LogP contribution in [0.4, 0.5) is 18.3 Å². The summed E-state index contributed by atoms with van der Waals surface area (Å²) >= 11 is 4.22. The van der Waals surface area contributed by atoms with Gasteiger partial charge in [0.05, 0.1) is 11.3 Å². The number of nitrogens with zero attached hydrogens (tertiary/aromatic N) is 1. The highest BCUT2D eigenvalue weighted by molar-refractivity contribution is 9.10. The second kappa shape index (κ2) is 5.13. The molecule has 2 nitrogen and oxygen atoms in total. The van der Waals surface area contributed by atoms with Crippen molar-refractivity contribution in [3.63, 3.8) is 0 Å². The number of hydrogen-bond donors (Lipinski definition) is 1. The zero-order chi connectivity index (χ0) is 14.2. The van der Waals surface area contributed by atoms with E-state index in [0.717, 1.165) is 16.6 Å². The smallest absolute Gasteiger partial charge is 0.375 e. The van der Waals surface area contributed by atoms with Crippen LogP contribution >= 0.6 is 27.3 Å². The van der Waals surface area contributed by atoms with Gasteiger partial charge < -0.3 is 5.73 Å². The van der Waals surface area contributed by atoms with Crippen molar-refractivity contribution in [2.45, 2.75) is 19.5 Å². The number of nitrogen functional groups attached to an aromatic ring is 1. The molecule has 0 saturated carbocycles. The molecule has 1 aromatic heterocycles. The van der Waals surface area contributed by atoms with Crippen LogP contribution in [-0.4, -0.2) is 4.98 Å². The average Bonchev–Trinajstić information content (AvgIpc) is 2.58. The fraction of sp³-hybridized carbons (Fsp3) is 0.250. The number of anilines is 1. The minimum Gasteiger partial charge on any atom is -0.375 e. The number of hydrogen-bond acceptors (Lipinski definition) is 3. The van der Waals surface area contributed by atoms with Crippen LogP contribution < -0.4 is 5.73 Å². The van der Waals surface area contributed by atoms with E-state index >= 15 is 0 Å². The first-order valence-electron chi connectivity index (χ1n) is 5.35. The molecule has 0 atom stereocenters. The first kappa shape index (κ1) is 14.3. The minimum atomic E-state index is -4.36. The minimum absolute atomic E-state index is 0.0456. The van der Waals surface area contributed by atoms with Crippen LogP contribution in [0.15, 0.2) is 22.7 Å². The Bertz CT molecular complexity index is 608. The maximum absolute atomic E-state index is 12.8. The first-order chi connectivity index (χ1) is 8.77. The second-order valence-electron chi connectivity index (χ2n) is 4.05. The monoisotopic (exact) mass is 350 g/mol. The summed E-state index contributed by atoms with van der Waals surface area (Å²) in [5.74, 6) is 0. The van der Waals surface area contributed by atoms with Crippen molar-refractivity contribution in [2.75, 3.05) is 5.73 Å². The van der Waals surface area contributed by atoms with E-state index in [-0.39, 0.29) is 4.47 Å². The number of thiazole rings is 1. The Labute approximate surface area is 120 Å². The molecule has 0 amide bonds. The van der Waals surface area contributed by atoms with Crippen LogP contribution in [0.3, 0.4) is 0 Å². The van der Waals surface area contributed by atoms with Crippen LogP contribution in [0.25, 0.3) is 0 Å². The van der Waals surface area contributed by atoms with Crippen molar-refractivity contribution in [1.29, 1.82) is 0 Å². The third kappa shape index (κ3) is 3.27. The molecule has 0 bridgehead atoms. The molecule has 7 heteroatoms. The molecule has 1 heterocycles. The van der Waals surface area contributed by atoms with Crippen LogP contribution in [-0.2, 0) is 12.6 Å². The van der Waals surface area contributed by atoms with E-state index in [1.165, 1.54) is 17.4 Å². The number of nitrogens with two attached hydrogens (primary N) is 1. The van der Waals surface area contributed by atoms with Crippen molar-refractivity contribution >= 4 is 32.4 Å². The lowest BCUT2D eigenvalue weighted by Gasteiger charge is -2.10. The molecule has 1 aromatic carbocycles. The lowest BCUT2D eigenvalue weighted by Crippen LogP contribution is -2.06. The number of benzene rings is 1. The van der Waals surface area contributed by atoms with Gasteiger partial charge in [0, 0.05) is 15.8 Å². The highest BCUT2D eigenvalue weighted by Crippen LogP contribution is 2.36. The van der Waals surface area contributed by atoms with Gasteiger partial charge in [-0.3, -0.25) is 0 Å². The molecule has 0 aliphatic carbocycles. The van der Waals surface area contributed by atoms with E-state index in [9.17, 15) is 13.2 Å². The van der Waals surface area contributed by atoms with Crippen LogP contribution in [0.5, 0.6) is 0 Å². The molecule has 0 radical (unpaired) electrons. The van der Waals surface area contributed by atoms with Gasteiger partial charge in [-0.15, -0.1) is 11.3 Å². The molecule has 2 rings (SSSR count). The quantitative estimate of drug-likeness (QED) is 0.871. The summed E-state index contributed by atoms with van der Waals surface area (Å²) in [4.78, 5) is 4.94. The van der Waals surface area contributed by atoms with Gasteiger partial charge in [-0.05, 0) is 24.6 Å². The largest absolute Gasteiger partial charge is 0.417 e. The van der Waals surface area contributed by atoms with E-state index in [2.05, 4.69) is 20.9 Å². The van der Waals surface area contributed by atoms with Gasteiger partial charge in [0.15, 0.2) is 5.13 Å². The molecular weight excluding hydrogens is 341 g/mol. The number of aryl methyl sites for hydroxylation is 1. The summed E-state index contributed by atoms with van der Waals surface area (Å²) in [6.07, 6.45) is -3.96. The highest BCUT2D eigenvalue weighted by atomic mass is 79.9. The van der Waals surface area contributed by atoms with Gasteiger partial charge in [0.25, 0.3) is 0 Å². The van der Waals surface area contributed by atoms with Crippen molar-refractivity contribution in [3.8, 4) is 0 Å². The summed E-state index contributed by atoms with van der Waals surface area (Å²) in [5.41, 5.74) is 6.26. The molecule has 0 unspecified atom stereocenters. The second-order valence-corrected chi connectivity index (χ2v) is 6.02. The molecule has 2 aromatic rings. The number of halogens is 4. The molecule has 19 heavy (non-hydrogen) atoms. The van der Waals surface area contributed by atoms with Crippen LogP contribution in [0.2, 0.25) is 0 Å². The Morgan fingerprint density at radius 3 is 2.58 bits per heavy atom.